The maximum atomic E-state index is 13.8. The van der Waals surface area contributed by atoms with Gasteiger partial charge in [0.05, 0.1) is 5.69 Å². The van der Waals surface area contributed by atoms with E-state index in [-0.39, 0.29) is 18.1 Å². The summed E-state index contributed by atoms with van der Waals surface area (Å²) < 4.78 is 48.6. The van der Waals surface area contributed by atoms with Crippen molar-refractivity contribution in [1.82, 2.24) is 9.78 Å². The molecule has 0 unspecified atom stereocenters. The van der Waals surface area contributed by atoms with Gasteiger partial charge in [0.1, 0.15) is 12.3 Å². The molecule has 0 aliphatic heterocycles. The van der Waals surface area contributed by atoms with Gasteiger partial charge in [-0.15, -0.1) is 0 Å². The Labute approximate surface area is 166 Å². The molecule has 0 fully saturated rings. The van der Waals surface area contributed by atoms with E-state index in [4.69, 9.17) is 4.74 Å². The molecule has 0 amide bonds. The van der Waals surface area contributed by atoms with Crippen LogP contribution in [-0.2, 0) is 12.8 Å². The van der Waals surface area contributed by atoms with Gasteiger partial charge in [-0.25, -0.2) is 4.68 Å². The molecule has 1 aromatic heterocycles. The van der Waals surface area contributed by atoms with Crippen LogP contribution in [0.2, 0.25) is 0 Å². The van der Waals surface area contributed by atoms with E-state index in [0.717, 1.165) is 5.56 Å². The maximum Gasteiger partial charge on any atom is 0.438 e. The van der Waals surface area contributed by atoms with Crippen LogP contribution in [-0.4, -0.2) is 9.78 Å². The van der Waals surface area contributed by atoms with Gasteiger partial charge in [-0.1, -0.05) is 78.9 Å². The van der Waals surface area contributed by atoms with Gasteiger partial charge in [-0.2, -0.15) is 18.3 Å². The summed E-state index contributed by atoms with van der Waals surface area (Å²) in [6.07, 6.45) is -4.66. The Balaban J connectivity index is 1.89. The Morgan fingerprint density at radius 3 is 1.90 bits per heavy atom. The van der Waals surface area contributed by atoms with E-state index >= 15 is 0 Å². The van der Waals surface area contributed by atoms with E-state index in [2.05, 4.69) is 5.10 Å². The third-order valence-corrected chi connectivity index (χ3v) is 4.38. The average Bonchev–Trinajstić information content (AvgIpc) is 3.14. The number of rotatable bonds is 5. The zero-order valence-electron chi connectivity index (χ0n) is 15.3. The fraction of sp³-hybridized carbons (Fsp3) is 0.0870. The van der Waals surface area contributed by atoms with E-state index in [1.165, 1.54) is 4.68 Å². The lowest BCUT2D eigenvalue weighted by molar-refractivity contribution is -0.142. The summed E-state index contributed by atoms with van der Waals surface area (Å²) in [6.45, 7) is 0.00420. The van der Waals surface area contributed by atoms with Gasteiger partial charge in [0.25, 0.3) is 0 Å². The number of aromatic nitrogens is 2. The second-order valence-electron chi connectivity index (χ2n) is 6.41. The van der Waals surface area contributed by atoms with Crippen LogP contribution in [0.15, 0.2) is 91.0 Å². The van der Waals surface area contributed by atoms with Crippen molar-refractivity contribution < 1.29 is 17.9 Å². The van der Waals surface area contributed by atoms with E-state index in [9.17, 15) is 13.2 Å². The highest BCUT2D eigenvalue weighted by Gasteiger charge is 2.41. The van der Waals surface area contributed by atoms with Crippen LogP contribution in [0, 0.1) is 0 Å². The third kappa shape index (κ3) is 4.01. The van der Waals surface area contributed by atoms with Crippen molar-refractivity contribution in [3.05, 3.63) is 102 Å². The maximum absolute atomic E-state index is 13.8. The number of ether oxygens (including phenoxy) is 1. The van der Waals surface area contributed by atoms with Gasteiger partial charge in [0, 0.05) is 5.56 Å². The molecule has 0 aliphatic carbocycles. The van der Waals surface area contributed by atoms with Crippen molar-refractivity contribution in [3.63, 3.8) is 0 Å². The van der Waals surface area contributed by atoms with E-state index in [1.807, 2.05) is 24.3 Å². The molecule has 0 spiro atoms. The molecule has 146 valence electrons. The first-order valence-electron chi connectivity index (χ1n) is 9.02. The molecule has 3 nitrogen and oxygen atoms in total. The molecule has 4 aromatic rings. The predicted molar refractivity (Wildman–Crippen MR) is 105 cm³/mol. The van der Waals surface area contributed by atoms with Crippen molar-refractivity contribution in [1.29, 1.82) is 0 Å². The zero-order chi connectivity index (χ0) is 20.3. The minimum atomic E-state index is -4.66. The second kappa shape index (κ2) is 7.83. The minimum absolute atomic E-state index is 0.00420. The molecule has 0 N–H and O–H groups in total. The van der Waals surface area contributed by atoms with Crippen molar-refractivity contribution in [2.45, 2.75) is 12.8 Å². The van der Waals surface area contributed by atoms with Crippen molar-refractivity contribution in [2.75, 3.05) is 0 Å². The van der Waals surface area contributed by atoms with Crippen LogP contribution in [0.5, 0.6) is 5.75 Å². The number of nitrogens with zero attached hydrogens (tertiary/aromatic N) is 2. The van der Waals surface area contributed by atoms with E-state index < -0.39 is 11.9 Å². The first-order valence-corrected chi connectivity index (χ1v) is 9.02. The number of halogens is 3. The van der Waals surface area contributed by atoms with E-state index in [1.54, 1.807) is 66.7 Å². The highest BCUT2D eigenvalue weighted by atomic mass is 19.4. The summed E-state index contributed by atoms with van der Waals surface area (Å²) in [5, 5.41) is 3.91. The Morgan fingerprint density at radius 2 is 1.31 bits per heavy atom. The van der Waals surface area contributed by atoms with Gasteiger partial charge in [-0.3, -0.25) is 0 Å². The Bertz CT molecular complexity index is 1080. The fourth-order valence-electron chi connectivity index (χ4n) is 3.06. The summed E-state index contributed by atoms with van der Waals surface area (Å²) in [5.41, 5.74) is 1.09. The normalized spacial score (nSPS) is 11.4. The van der Waals surface area contributed by atoms with Gasteiger partial charge < -0.3 is 4.74 Å². The molecule has 0 aliphatic rings. The lowest BCUT2D eigenvalue weighted by Crippen LogP contribution is -2.09. The second-order valence-corrected chi connectivity index (χ2v) is 6.41. The van der Waals surface area contributed by atoms with Crippen LogP contribution in [0.3, 0.4) is 0 Å². The highest BCUT2D eigenvalue weighted by Crippen LogP contribution is 2.43. The lowest BCUT2D eigenvalue weighted by atomic mass is 10.1. The Kier molecular flexibility index (Phi) is 5.08. The summed E-state index contributed by atoms with van der Waals surface area (Å²) in [4.78, 5) is 0. The fourth-order valence-corrected chi connectivity index (χ4v) is 3.06. The van der Waals surface area contributed by atoms with Crippen LogP contribution in [0.25, 0.3) is 16.9 Å². The SMILES string of the molecule is FC(F)(F)c1nn(-c2ccccc2)c(-c2ccccc2)c1OCc1ccccc1. The number of hydrogen-bond donors (Lipinski definition) is 0. The lowest BCUT2D eigenvalue weighted by Gasteiger charge is -2.12. The monoisotopic (exact) mass is 394 g/mol. The van der Waals surface area contributed by atoms with Crippen molar-refractivity contribution in [2.24, 2.45) is 0 Å². The largest absolute Gasteiger partial charge is 0.484 e. The number of alkyl halides is 3. The standard InChI is InChI=1S/C23H17F3N2O/c24-23(25,26)22-21(29-16-17-10-4-1-5-11-17)20(18-12-6-2-7-13-18)28(27-22)19-14-8-3-9-15-19/h1-15H,16H2. The van der Waals surface area contributed by atoms with Gasteiger partial charge in [0.2, 0.25) is 5.69 Å². The molecular weight excluding hydrogens is 377 g/mol. The predicted octanol–water partition coefficient (Wildman–Crippen LogP) is 6.14. The Hall–Kier alpha value is -3.54. The van der Waals surface area contributed by atoms with Crippen LogP contribution in [0.1, 0.15) is 11.3 Å². The molecule has 0 atom stereocenters. The molecule has 0 saturated carbocycles. The summed E-state index contributed by atoms with van der Waals surface area (Å²) in [6, 6.07) is 26.6. The van der Waals surface area contributed by atoms with Crippen LogP contribution >= 0.6 is 0 Å². The molecule has 29 heavy (non-hydrogen) atoms. The summed E-state index contributed by atoms with van der Waals surface area (Å²) in [5.74, 6) is -0.281. The first-order chi connectivity index (χ1) is 14.0. The van der Waals surface area contributed by atoms with Crippen molar-refractivity contribution >= 4 is 0 Å². The molecule has 1 heterocycles. The molecule has 0 bridgehead atoms. The van der Waals surface area contributed by atoms with Gasteiger partial charge >= 0.3 is 6.18 Å². The smallest absolute Gasteiger partial charge is 0.438 e. The molecule has 3 aromatic carbocycles. The number of hydrogen-bond acceptors (Lipinski definition) is 2. The highest BCUT2D eigenvalue weighted by molar-refractivity contribution is 5.70. The zero-order valence-corrected chi connectivity index (χ0v) is 15.3. The van der Waals surface area contributed by atoms with E-state index in [0.29, 0.717) is 11.3 Å². The van der Waals surface area contributed by atoms with Gasteiger partial charge in [-0.05, 0) is 17.7 Å². The first kappa shape index (κ1) is 18.8. The average molecular weight is 394 g/mol. The van der Waals surface area contributed by atoms with Gasteiger partial charge in [0.15, 0.2) is 5.75 Å². The van der Waals surface area contributed by atoms with Crippen molar-refractivity contribution in [3.8, 4) is 22.7 Å². The quantitative estimate of drug-likeness (QED) is 0.407. The number of para-hydroxylation sites is 1. The summed E-state index contributed by atoms with van der Waals surface area (Å²) in [7, 11) is 0. The topological polar surface area (TPSA) is 27.1 Å². The number of benzene rings is 3. The molecule has 0 saturated heterocycles. The molecular formula is C23H17F3N2O. The molecule has 0 radical (unpaired) electrons. The third-order valence-electron chi connectivity index (χ3n) is 4.38. The molecule has 4 rings (SSSR count). The summed E-state index contributed by atoms with van der Waals surface area (Å²) >= 11 is 0. The minimum Gasteiger partial charge on any atom is -0.484 e. The van der Waals surface area contributed by atoms with Crippen LogP contribution < -0.4 is 4.74 Å². The van der Waals surface area contributed by atoms with Crippen LogP contribution in [0.4, 0.5) is 13.2 Å². The Morgan fingerprint density at radius 1 is 0.759 bits per heavy atom. The molecule has 6 heteroatoms.